The summed E-state index contributed by atoms with van der Waals surface area (Å²) < 4.78 is 68.0. The number of amides is 1. The van der Waals surface area contributed by atoms with Crippen LogP contribution in [0.3, 0.4) is 0 Å². The Morgan fingerprint density at radius 2 is 1.88 bits per heavy atom. The van der Waals surface area contributed by atoms with E-state index in [1.54, 1.807) is 12.1 Å². The molecule has 282 valence electrons. The Balaban J connectivity index is 1.46. The Kier molecular flexibility index (Phi) is 14.3. The first kappa shape index (κ1) is 40.2. The summed E-state index contributed by atoms with van der Waals surface area (Å²) in [4.78, 5) is 36.3. The topological polar surface area (TPSA) is 211 Å². The molecule has 0 aromatic heterocycles. The highest BCUT2D eigenvalue weighted by Crippen LogP contribution is 2.43. The van der Waals surface area contributed by atoms with Crippen LogP contribution in [0.5, 0.6) is 5.75 Å². The van der Waals surface area contributed by atoms with Crippen LogP contribution < -0.4 is 10.1 Å². The molecule has 0 bridgehead atoms. The van der Waals surface area contributed by atoms with Crippen LogP contribution in [0.4, 0.5) is 4.79 Å². The van der Waals surface area contributed by atoms with Gasteiger partial charge in [0.2, 0.25) is 10.0 Å². The number of methoxy groups -OCH3 is 1. The van der Waals surface area contributed by atoms with Crippen LogP contribution >= 0.6 is 7.60 Å². The number of nitrogens with one attached hydrogen (secondary N) is 1. The largest absolute Gasteiger partial charge is 0.497 e. The highest BCUT2D eigenvalue weighted by Gasteiger charge is 2.44. The lowest BCUT2D eigenvalue weighted by molar-refractivity contribution is -0.144. The van der Waals surface area contributed by atoms with Crippen LogP contribution in [0.25, 0.3) is 0 Å². The maximum absolute atomic E-state index is 13.8. The number of carboxylic acid groups (broad SMARTS) is 1. The lowest BCUT2D eigenvalue weighted by Crippen LogP contribution is -2.51. The van der Waals surface area contributed by atoms with Crippen LogP contribution in [-0.2, 0) is 38.1 Å². The number of aliphatic carboxylic acids is 1. The van der Waals surface area contributed by atoms with Gasteiger partial charge in [0.1, 0.15) is 11.9 Å². The van der Waals surface area contributed by atoms with Crippen molar-refractivity contribution in [3.05, 3.63) is 35.9 Å². The molecule has 0 spiro atoms. The zero-order valence-corrected chi connectivity index (χ0v) is 30.6. The van der Waals surface area contributed by atoms with Gasteiger partial charge >= 0.3 is 19.7 Å². The van der Waals surface area contributed by atoms with E-state index in [9.17, 15) is 32.6 Å². The van der Waals surface area contributed by atoms with E-state index >= 15 is 0 Å². The number of sulfonamides is 1. The molecule has 16 nitrogen and oxygen atoms in total. The van der Waals surface area contributed by atoms with Crippen molar-refractivity contribution in [2.24, 2.45) is 11.8 Å². The summed E-state index contributed by atoms with van der Waals surface area (Å²) >= 11 is 0. The van der Waals surface area contributed by atoms with E-state index in [0.717, 1.165) is 5.57 Å². The molecule has 1 unspecified atom stereocenters. The molecule has 18 heteroatoms. The van der Waals surface area contributed by atoms with Gasteiger partial charge in [-0.1, -0.05) is 25.5 Å². The smallest absolute Gasteiger partial charge is 0.407 e. The molecule has 3 aliphatic heterocycles. The zero-order valence-electron chi connectivity index (χ0n) is 28.9. The van der Waals surface area contributed by atoms with Gasteiger partial charge in [0, 0.05) is 32.7 Å². The van der Waals surface area contributed by atoms with Crippen molar-refractivity contribution in [2.45, 2.75) is 75.6 Å². The van der Waals surface area contributed by atoms with Gasteiger partial charge < -0.3 is 39.4 Å². The fraction of sp³-hybridized carbons (Fsp3) is 0.688. The van der Waals surface area contributed by atoms with Crippen molar-refractivity contribution in [2.75, 3.05) is 59.2 Å². The second-order valence-electron chi connectivity index (χ2n) is 13.2. The number of carbonyl (C=O) groups excluding carboxylic acids is 1. The Morgan fingerprint density at radius 3 is 2.50 bits per heavy atom. The second-order valence-corrected chi connectivity index (χ2v) is 17.1. The predicted octanol–water partition coefficient (Wildman–Crippen LogP) is 2.26. The molecule has 4 N–H and O–H groups in total. The van der Waals surface area contributed by atoms with E-state index in [0.29, 0.717) is 38.3 Å². The molecule has 0 aliphatic carbocycles. The van der Waals surface area contributed by atoms with Crippen LogP contribution in [0.15, 0.2) is 40.8 Å². The minimum Gasteiger partial charge on any atom is -0.497 e. The molecule has 1 aromatic rings. The van der Waals surface area contributed by atoms with Gasteiger partial charge in [-0.2, -0.15) is 4.31 Å². The van der Waals surface area contributed by atoms with Crippen molar-refractivity contribution < 1.29 is 61.1 Å². The number of fused-ring (bicyclic) bond motifs is 1. The fourth-order valence-corrected chi connectivity index (χ4v) is 8.95. The van der Waals surface area contributed by atoms with Crippen molar-refractivity contribution in [3.63, 3.8) is 0 Å². The number of rotatable bonds is 18. The Bertz CT molecular complexity index is 1490. The molecule has 2 saturated heterocycles. The maximum atomic E-state index is 13.8. The van der Waals surface area contributed by atoms with E-state index in [-0.39, 0.29) is 55.6 Å². The third-order valence-corrected chi connectivity index (χ3v) is 12.2. The molecular formula is C32H50N3O13PS. The summed E-state index contributed by atoms with van der Waals surface area (Å²) in [6.45, 7) is 6.49. The molecule has 0 radical (unpaired) electrons. The van der Waals surface area contributed by atoms with Crippen LogP contribution in [0, 0.1) is 11.8 Å². The summed E-state index contributed by atoms with van der Waals surface area (Å²) in [6, 6.07) is 5.05. The van der Waals surface area contributed by atoms with Gasteiger partial charge in [0.15, 0.2) is 12.4 Å². The Hall–Kier alpha value is -2.60. The van der Waals surface area contributed by atoms with Crippen molar-refractivity contribution in [1.82, 2.24) is 14.5 Å². The van der Waals surface area contributed by atoms with Crippen LogP contribution in [0.1, 0.15) is 40.0 Å². The summed E-state index contributed by atoms with van der Waals surface area (Å²) in [5.41, 5.74) is 0.885. The molecule has 1 amide bonds. The van der Waals surface area contributed by atoms with Gasteiger partial charge in [0.25, 0.3) is 0 Å². The molecule has 7 atom stereocenters. The molecule has 0 saturated carbocycles. The Morgan fingerprint density at radius 1 is 1.16 bits per heavy atom. The normalized spacial score (nSPS) is 24.2. The average molecular weight is 748 g/mol. The molecule has 2 fully saturated rings. The van der Waals surface area contributed by atoms with E-state index in [1.807, 2.05) is 24.8 Å². The lowest BCUT2D eigenvalue weighted by atomic mass is 9.96. The number of carboxylic acids is 1. The number of alkyl carbamates (subject to hydrolysis) is 1. The SMILES string of the molecule is COc1ccc(S(=O)(=O)N(CC(C)C)C[C@@H](O)[C@H](CC2=CCN(CCP(=O)(O)O[C@@H](C)C(=O)O)CC2)NC(=O)O[C@H]2CO[C@H]3OCC[C@H]32)cc1. The number of ether oxygens (including phenoxy) is 4. The molecule has 4 rings (SSSR count). The van der Waals surface area contributed by atoms with Gasteiger partial charge in [-0.3, -0.25) is 14.0 Å². The number of hydrogen-bond donors (Lipinski definition) is 4. The molecule has 50 heavy (non-hydrogen) atoms. The van der Waals surface area contributed by atoms with Crippen molar-refractivity contribution >= 4 is 29.7 Å². The fourth-order valence-electron chi connectivity index (χ4n) is 6.10. The molecule has 3 aliphatic rings. The zero-order chi connectivity index (χ0) is 36.6. The minimum absolute atomic E-state index is 0.0370. The summed E-state index contributed by atoms with van der Waals surface area (Å²) in [7, 11) is -6.69. The molecule has 1 aromatic carbocycles. The predicted molar refractivity (Wildman–Crippen MR) is 180 cm³/mol. The number of hydrogen-bond acceptors (Lipinski definition) is 12. The van der Waals surface area contributed by atoms with Gasteiger partial charge in [-0.25, -0.2) is 18.0 Å². The minimum atomic E-state index is -4.13. The third kappa shape index (κ3) is 11.2. The first-order chi connectivity index (χ1) is 23.6. The van der Waals surface area contributed by atoms with Crippen molar-refractivity contribution in [1.29, 1.82) is 0 Å². The van der Waals surface area contributed by atoms with E-state index in [1.165, 1.54) is 30.5 Å². The molecular weight excluding hydrogens is 697 g/mol. The first-order valence-electron chi connectivity index (χ1n) is 16.7. The lowest BCUT2D eigenvalue weighted by Gasteiger charge is -2.33. The van der Waals surface area contributed by atoms with Crippen LogP contribution in [-0.4, -0.2) is 135 Å². The van der Waals surface area contributed by atoms with Gasteiger partial charge in [-0.05, 0) is 56.4 Å². The number of carbonyl (C=O) groups is 2. The monoisotopic (exact) mass is 747 g/mol. The van der Waals surface area contributed by atoms with E-state index in [2.05, 4.69) is 5.32 Å². The average Bonchev–Trinajstić information content (AvgIpc) is 3.68. The summed E-state index contributed by atoms with van der Waals surface area (Å²) in [5.74, 6) is -1.01. The second kappa shape index (κ2) is 17.8. The maximum Gasteiger partial charge on any atom is 0.407 e. The van der Waals surface area contributed by atoms with Gasteiger partial charge in [0.05, 0.1) is 49.4 Å². The molecule has 3 heterocycles. The first-order valence-corrected chi connectivity index (χ1v) is 19.9. The van der Waals surface area contributed by atoms with Gasteiger partial charge in [-0.15, -0.1) is 0 Å². The highest BCUT2D eigenvalue weighted by molar-refractivity contribution is 7.89. The van der Waals surface area contributed by atoms with E-state index in [4.69, 9.17) is 28.6 Å². The highest BCUT2D eigenvalue weighted by atomic mass is 32.2. The van der Waals surface area contributed by atoms with E-state index < -0.39 is 60.3 Å². The standard InChI is InChI=1S/C32H50N3O13PS/c1-21(2)18-35(50(42,43)25-7-5-24(44-4)6-8-25)19-28(36)27(33-32(39)47-29-20-46-31-26(29)11-15-45-31)17-23-9-12-34(13-10-23)14-16-49(40,41)48-22(3)30(37)38/h5-9,21-22,26-29,31,36H,10-20H2,1-4H3,(H,33,39)(H,37,38)(H,40,41)/t22-,26-,27-,28+,29-,31+/m0/s1. The quantitative estimate of drug-likeness (QED) is 0.125. The summed E-state index contributed by atoms with van der Waals surface area (Å²) in [5, 5.41) is 23.4. The third-order valence-electron chi connectivity index (χ3n) is 8.91. The number of aliphatic hydroxyl groups is 1. The Labute approximate surface area is 293 Å². The number of benzene rings is 1. The van der Waals surface area contributed by atoms with Crippen molar-refractivity contribution in [3.8, 4) is 5.75 Å². The number of aliphatic hydroxyl groups excluding tert-OH is 1. The summed E-state index contributed by atoms with van der Waals surface area (Å²) in [6.07, 6.45) is -1.46. The number of nitrogens with zero attached hydrogens (tertiary/aromatic N) is 2. The van der Waals surface area contributed by atoms with Crippen LogP contribution in [0.2, 0.25) is 0 Å².